The maximum atomic E-state index is 11.0. The third kappa shape index (κ3) is 3.11. The number of nitrogens with one attached hydrogen (secondary N) is 1. The fourth-order valence-electron chi connectivity index (χ4n) is 1.75. The van der Waals surface area contributed by atoms with Gasteiger partial charge in [0.1, 0.15) is 23.6 Å². The molecule has 0 bridgehead atoms. The van der Waals surface area contributed by atoms with E-state index < -0.39 is 0 Å². The summed E-state index contributed by atoms with van der Waals surface area (Å²) in [6, 6.07) is 3.38. The molecule has 0 saturated carbocycles. The van der Waals surface area contributed by atoms with Crippen LogP contribution < -0.4 is 15.8 Å². The molecular formula is C12H14N4O3. The van der Waals surface area contributed by atoms with Gasteiger partial charge in [-0.25, -0.2) is 0 Å². The minimum atomic E-state index is -0.272. The highest BCUT2D eigenvalue weighted by Gasteiger charge is 2.21. The summed E-state index contributed by atoms with van der Waals surface area (Å²) in [6.07, 6.45) is 0.586. The number of nitrogens with two attached hydrogens (primary N) is 1. The van der Waals surface area contributed by atoms with Gasteiger partial charge in [-0.05, 0) is 0 Å². The Bertz CT molecular complexity index is 533. The van der Waals surface area contributed by atoms with Crippen molar-refractivity contribution >= 4 is 17.4 Å². The summed E-state index contributed by atoms with van der Waals surface area (Å²) in [5.41, 5.74) is 6.14. The molecule has 1 unspecified atom stereocenters. The summed E-state index contributed by atoms with van der Waals surface area (Å²) in [5, 5.41) is 11.6. The van der Waals surface area contributed by atoms with E-state index in [1.165, 1.54) is 13.0 Å². The van der Waals surface area contributed by atoms with Crippen molar-refractivity contribution in [1.29, 1.82) is 5.26 Å². The van der Waals surface area contributed by atoms with Gasteiger partial charge in [0, 0.05) is 19.4 Å². The number of carbonyl (C=O) groups excluding carboxylic acids is 1. The van der Waals surface area contributed by atoms with Crippen LogP contribution in [0.25, 0.3) is 0 Å². The summed E-state index contributed by atoms with van der Waals surface area (Å²) in [4.78, 5) is 15.1. The number of ether oxygens (including phenoxy) is 2. The second kappa shape index (κ2) is 5.54. The second-order valence-electron chi connectivity index (χ2n) is 4.17. The molecule has 1 saturated heterocycles. The zero-order valence-electron chi connectivity index (χ0n) is 10.5. The van der Waals surface area contributed by atoms with Crippen molar-refractivity contribution in [2.24, 2.45) is 0 Å². The molecule has 0 aliphatic carbocycles. The van der Waals surface area contributed by atoms with Crippen LogP contribution in [0.15, 0.2) is 6.07 Å². The first-order chi connectivity index (χ1) is 9.10. The number of amides is 1. The minimum Gasteiger partial charge on any atom is -0.471 e. The third-order valence-corrected chi connectivity index (χ3v) is 2.60. The average Bonchev–Trinajstić information content (AvgIpc) is 2.80. The van der Waals surface area contributed by atoms with Crippen LogP contribution in [0, 0.1) is 11.3 Å². The van der Waals surface area contributed by atoms with E-state index in [-0.39, 0.29) is 35.0 Å². The number of hydrogen-bond acceptors (Lipinski definition) is 6. The number of nitriles is 1. The van der Waals surface area contributed by atoms with Crippen molar-refractivity contribution in [1.82, 2.24) is 4.98 Å². The van der Waals surface area contributed by atoms with Crippen molar-refractivity contribution in [3.8, 4) is 11.9 Å². The van der Waals surface area contributed by atoms with Crippen molar-refractivity contribution < 1.29 is 14.3 Å². The van der Waals surface area contributed by atoms with Crippen LogP contribution in [0.5, 0.6) is 5.88 Å². The van der Waals surface area contributed by atoms with Gasteiger partial charge in [-0.1, -0.05) is 0 Å². The van der Waals surface area contributed by atoms with Crippen LogP contribution in [0.4, 0.5) is 11.5 Å². The maximum absolute atomic E-state index is 11.0. The van der Waals surface area contributed by atoms with Crippen LogP contribution >= 0.6 is 0 Å². The number of aromatic nitrogens is 1. The van der Waals surface area contributed by atoms with Crippen LogP contribution in [-0.4, -0.2) is 30.2 Å². The normalized spacial score (nSPS) is 17.8. The number of nitrogens with zero attached hydrogens (tertiary/aromatic N) is 2. The number of hydrogen-bond donors (Lipinski definition) is 2. The number of carbonyl (C=O) groups is 1. The highest BCUT2D eigenvalue weighted by atomic mass is 16.5. The largest absolute Gasteiger partial charge is 0.471 e. The summed E-state index contributed by atoms with van der Waals surface area (Å²) in [5.74, 6) is 0.117. The number of pyridine rings is 1. The molecule has 19 heavy (non-hydrogen) atoms. The quantitative estimate of drug-likeness (QED) is 0.828. The molecule has 1 aliphatic rings. The maximum Gasteiger partial charge on any atom is 0.236 e. The fourth-order valence-corrected chi connectivity index (χ4v) is 1.75. The summed E-state index contributed by atoms with van der Waals surface area (Å²) >= 11 is 0. The van der Waals surface area contributed by atoms with Crippen molar-refractivity contribution in [3.05, 3.63) is 11.6 Å². The molecule has 7 nitrogen and oxygen atoms in total. The lowest BCUT2D eigenvalue weighted by Gasteiger charge is -2.14. The molecular weight excluding hydrogens is 248 g/mol. The average molecular weight is 262 g/mol. The molecule has 100 valence electrons. The number of anilines is 2. The molecule has 1 aromatic heterocycles. The Hall–Kier alpha value is -2.33. The van der Waals surface area contributed by atoms with Gasteiger partial charge in [0.15, 0.2) is 0 Å². The molecule has 1 fully saturated rings. The van der Waals surface area contributed by atoms with Gasteiger partial charge in [-0.15, -0.1) is 0 Å². The zero-order chi connectivity index (χ0) is 13.8. The van der Waals surface area contributed by atoms with Crippen LogP contribution in [0.2, 0.25) is 0 Å². The van der Waals surface area contributed by atoms with Gasteiger partial charge in [0.2, 0.25) is 11.8 Å². The molecule has 0 spiro atoms. The standard InChI is InChI=1S/C12H14N4O3/c1-7(17)15-11-4-10(14)9(5-13)12(16-11)19-8-2-3-18-6-8/h4,8H,2-3,6H2,1H3,(H3,14,15,16,17). The Morgan fingerprint density at radius 1 is 1.74 bits per heavy atom. The van der Waals surface area contributed by atoms with E-state index in [0.717, 1.165) is 6.42 Å². The summed E-state index contributed by atoms with van der Waals surface area (Å²) < 4.78 is 10.8. The molecule has 7 heteroatoms. The molecule has 3 N–H and O–H groups in total. The SMILES string of the molecule is CC(=O)Nc1cc(N)c(C#N)c(OC2CCOC2)n1. The van der Waals surface area contributed by atoms with E-state index >= 15 is 0 Å². The van der Waals surface area contributed by atoms with E-state index in [4.69, 9.17) is 20.5 Å². The molecule has 2 rings (SSSR count). The van der Waals surface area contributed by atoms with Crippen LogP contribution in [0.1, 0.15) is 18.9 Å². The highest BCUT2D eigenvalue weighted by Crippen LogP contribution is 2.27. The minimum absolute atomic E-state index is 0.127. The second-order valence-corrected chi connectivity index (χ2v) is 4.17. The highest BCUT2D eigenvalue weighted by molar-refractivity contribution is 5.88. The lowest BCUT2D eigenvalue weighted by molar-refractivity contribution is -0.114. The van der Waals surface area contributed by atoms with E-state index in [1.54, 1.807) is 0 Å². The Balaban J connectivity index is 2.29. The van der Waals surface area contributed by atoms with Gasteiger partial charge in [-0.2, -0.15) is 10.2 Å². The van der Waals surface area contributed by atoms with E-state index in [0.29, 0.717) is 13.2 Å². The van der Waals surface area contributed by atoms with Crippen molar-refractivity contribution in [2.45, 2.75) is 19.4 Å². The Labute approximate surface area is 110 Å². The van der Waals surface area contributed by atoms with Crippen LogP contribution in [-0.2, 0) is 9.53 Å². The monoisotopic (exact) mass is 262 g/mol. The number of rotatable bonds is 3. The van der Waals surface area contributed by atoms with Gasteiger partial charge in [-0.3, -0.25) is 4.79 Å². The molecule has 1 aromatic rings. The molecule has 1 amide bonds. The van der Waals surface area contributed by atoms with Crippen molar-refractivity contribution in [2.75, 3.05) is 24.3 Å². The predicted molar refractivity (Wildman–Crippen MR) is 67.5 cm³/mol. The Morgan fingerprint density at radius 2 is 2.53 bits per heavy atom. The van der Waals surface area contributed by atoms with Gasteiger partial charge >= 0.3 is 0 Å². The molecule has 1 aliphatic heterocycles. The molecule has 1 atom stereocenters. The fraction of sp³-hybridized carbons (Fsp3) is 0.417. The Kier molecular flexibility index (Phi) is 3.82. The Morgan fingerprint density at radius 3 is 3.11 bits per heavy atom. The van der Waals surface area contributed by atoms with E-state index in [2.05, 4.69) is 10.3 Å². The first-order valence-corrected chi connectivity index (χ1v) is 5.82. The summed E-state index contributed by atoms with van der Waals surface area (Å²) in [6.45, 7) is 2.44. The van der Waals surface area contributed by atoms with E-state index in [9.17, 15) is 4.79 Å². The molecule has 0 radical (unpaired) electrons. The van der Waals surface area contributed by atoms with Gasteiger partial charge in [0.25, 0.3) is 0 Å². The summed E-state index contributed by atoms with van der Waals surface area (Å²) in [7, 11) is 0. The van der Waals surface area contributed by atoms with E-state index in [1.807, 2.05) is 6.07 Å². The van der Waals surface area contributed by atoms with Crippen molar-refractivity contribution in [3.63, 3.8) is 0 Å². The molecule has 0 aromatic carbocycles. The predicted octanol–water partition coefficient (Wildman–Crippen LogP) is 0.662. The van der Waals surface area contributed by atoms with Gasteiger partial charge in [0.05, 0.1) is 18.9 Å². The number of nitrogen functional groups attached to an aromatic ring is 1. The topological polar surface area (TPSA) is 110 Å². The van der Waals surface area contributed by atoms with Crippen LogP contribution in [0.3, 0.4) is 0 Å². The smallest absolute Gasteiger partial charge is 0.236 e. The molecule has 2 heterocycles. The lowest BCUT2D eigenvalue weighted by atomic mass is 10.2. The van der Waals surface area contributed by atoms with Gasteiger partial charge < -0.3 is 20.5 Å². The lowest BCUT2D eigenvalue weighted by Crippen LogP contribution is -2.18. The first kappa shape index (κ1) is 13.1. The zero-order valence-corrected chi connectivity index (χ0v) is 10.5. The first-order valence-electron chi connectivity index (χ1n) is 5.82. The third-order valence-electron chi connectivity index (χ3n) is 2.60.